The predicted octanol–water partition coefficient (Wildman–Crippen LogP) is 1.88. The van der Waals surface area contributed by atoms with E-state index in [-0.39, 0.29) is 40.6 Å². The topological polar surface area (TPSA) is 123 Å². The lowest BCUT2D eigenvalue weighted by atomic mass is 9.80. The van der Waals surface area contributed by atoms with Crippen LogP contribution in [0.4, 0.5) is 11.4 Å². The lowest BCUT2D eigenvalue weighted by Gasteiger charge is -2.25. The van der Waals surface area contributed by atoms with Crippen molar-refractivity contribution in [2.45, 2.75) is 20.3 Å². The summed E-state index contributed by atoms with van der Waals surface area (Å²) in [5.41, 5.74) is 2.74. The number of aliphatic hydroxyl groups is 1. The number of aryl methyl sites for hydroxylation is 1. The van der Waals surface area contributed by atoms with Crippen LogP contribution in [0.15, 0.2) is 24.3 Å². The van der Waals surface area contributed by atoms with Crippen molar-refractivity contribution in [3.63, 3.8) is 0 Å². The van der Waals surface area contributed by atoms with E-state index in [2.05, 4.69) is 28.2 Å². The summed E-state index contributed by atoms with van der Waals surface area (Å²) in [5.74, 6) is -0.823. The number of rotatable bonds is 12. The molecule has 3 rings (SSSR count). The molecule has 1 aliphatic carbocycles. The van der Waals surface area contributed by atoms with Crippen LogP contribution in [0.2, 0.25) is 0 Å². The van der Waals surface area contributed by atoms with E-state index in [9.17, 15) is 14.7 Å². The standard InChI is InChI=1S/C24H32N4O4/c1-3-8-25-9-11-27-16-5-6-17(28-12-10-26-13-14-29)21-20(16)23(31)19-15(2)4-7-18(30)22(19)24(21)32/h4-7,25-30H,3,8-14H2,1-2H3. The fourth-order valence-corrected chi connectivity index (χ4v) is 3.91. The number of phenols is 1. The van der Waals surface area contributed by atoms with Gasteiger partial charge in [-0.05, 0) is 43.7 Å². The molecule has 0 heterocycles. The number of nitrogens with one attached hydrogen (secondary N) is 4. The highest BCUT2D eigenvalue weighted by molar-refractivity contribution is 6.33. The lowest BCUT2D eigenvalue weighted by molar-refractivity contribution is 0.0977. The molecule has 0 spiro atoms. The number of carbonyl (C=O) groups excluding carboxylic acids is 2. The molecular weight excluding hydrogens is 408 g/mol. The molecule has 32 heavy (non-hydrogen) atoms. The van der Waals surface area contributed by atoms with Crippen molar-refractivity contribution in [1.82, 2.24) is 10.6 Å². The van der Waals surface area contributed by atoms with Crippen molar-refractivity contribution in [2.24, 2.45) is 0 Å². The van der Waals surface area contributed by atoms with Gasteiger partial charge in [0.2, 0.25) is 0 Å². The van der Waals surface area contributed by atoms with Crippen molar-refractivity contribution in [2.75, 3.05) is 56.5 Å². The lowest BCUT2D eigenvalue weighted by Crippen LogP contribution is -2.28. The van der Waals surface area contributed by atoms with Crippen molar-refractivity contribution < 1.29 is 19.8 Å². The van der Waals surface area contributed by atoms with Crippen LogP contribution in [0.25, 0.3) is 0 Å². The first-order valence-corrected chi connectivity index (χ1v) is 11.1. The Labute approximate surface area is 188 Å². The Balaban J connectivity index is 1.97. The maximum absolute atomic E-state index is 13.6. The van der Waals surface area contributed by atoms with Crippen LogP contribution >= 0.6 is 0 Å². The minimum Gasteiger partial charge on any atom is -0.507 e. The fraction of sp³-hybridized carbons (Fsp3) is 0.417. The van der Waals surface area contributed by atoms with Crippen LogP contribution < -0.4 is 21.3 Å². The van der Waals surface area contributed by atoms with E-state index in [4.69, 9.17) is 5.11 Å². The highest BCUT2D eigenvalue weighted by atomic mass is 16.3. The summed E-state index contributed by atoms with van der Waals surface area (Å²) in [7, 11) is 0. The second kappa shape index (κ2) is 11.1. The molecule has 2 aromatic carbocycles. The molecule has 8 nitrogen and oxygen atoms in total. The Morgan fingerprint density at radius 2 is 1.28 bits per heavy atom. The largest absolute Gasteiger partial charge is 0.507 e. The van der Waals surface area contributed by atoms with Gasteiger partial charge in [-0.15, -0.1) is 0 Å². The highest BCUT2D eigenvalue weighted by Crippen LogP contribution is 2.40. The van der Waals surface area contributed by atoms with E-state index >= 15 is 0 Å². The number of phenolic OH excluding ortho intramolecular Hbond substituents is 1. The summed E-state index contributed by atoms with van der Waals surface area (Å²) < 4.78 is 0. The number of carbonyl (C=O) groups is 2. The van der Waals surface area contributed by atoms with E-state index in [0.717, 1.165) is 19.5 Å². The molecule has 0 aliphatic heterocycles. The van der Waals surface area contributed by atoms with E-state index in [1.807, 2.05) is 6.07 Å². The van der Waals surface area contributed by atoms with Gasteiger partial charge < -0.3 is 31.5 Å². The SMILES string of the molecule is CCCNCCNc1ccc(NCCNCCO)c2c1C(=O)c1c(C)ccc(O)c1C2=O. The molecule has 0 bridgehead atoms. The van der Waals surface area contributed by atoms with Gasteiger partial charge in [-0.1, -0.05) is 13.0 Å². The van der Waals surface area contributed by atoms with Gasteiger partial charge in [0.15, 0.2) is 11.6 Å². The molecule has 8 heteroatoms. The first-order valence-electron chi connectivity index (χ1n) is 11.1. The second-order valence-electron chi connectivity index (χ2n) is 7.80. The van der Waals surface area contributed by atoms with Gasteiger partial charge in [0.25, 0.3) is 0 Å². The first kappa shape index (κ1) is 23.7. The molecule has 0 aromatic heterocycles. The molecule has 0 amide bonds. The van der Waals surface area contributed by atoms with Gasteiger partial charge >= 0.3 is 0 Å². The average molecular weight is 441 g/mol. The normalized spacial score (nSPS) is 12.5. The molecule has 172 valence electrons. The third kappa shape index (κ3) is 4.93. The van der Waals surface area contributed by atoms with Crippen molar-refractivity contribution >= 4 is 22.9 Å². The summed E-state index contributed by atoms with van der Waals surface area (Å²) in [6, 6.07) is 6.71. The van der Waals surface area contributed by atoms with E-state index in [0.29, 0.717) is 48.7 Å². The minimum absolute atomic E-state index is 0.0469. The molecular formula is C24H32N4O4. The number of aromatic hydroxyl groups is 1. The molecule has 0 atom stereocenters. The molecule has 0 saturated carbocycles. The maximum Gasteiger partial charge on any atom is 0.200 e. The fourth-order valence-electron chi connectivity index (χ4n) is 3.91. The third-order valence-electron chi connectivity index (χ3n) is 5.46. The van der Waals surface area contributed by atoms with E-state index in [1.54, 1.807) is 19.1 Å². The van der Waals surface area contributed by atoms with Crippen molar-refractivity contribution in [1.29, 1.82) is 0 Å². The number of benzene rings is 2. The Kier molecular flexibility index (Phi) is 8.21. The van der Waals surface area contributed by atoms with Gasteiger partial charge in [0, 0.05) is 49.7 Å². The average Bonchev–Trinajstić information content (AvgIpc) is 2.78. The Morgan fingerprint density at radius 1 is 0.719 bits per heavy atom. The molecule has 1 aliphatic rings. The van der Waals surface area contributed by atoms with E-state index < -0.39 is 0 Å². The number of hydrogen-bond donors (Lipinski definition) is 6. The molecule has 0 saturated heterocycles. The van der Waals surface area contributed by atoms with Gasteiger partial charge in [0.1, 0.15) is 5.75 Å². The zero-order valence-electron chi connectivity index (χ0n) is 18.7. The van der Waals surface area contributed by atoms with E-state index in [1.165, 1.54) is 6.07 Å². The maximum atomic E-state index is 13.6. The van der Waals surface area contributed by atoms with Gasteiger partial charge in [-0.2, -0.15) is 0 Å². The minimum atomic E-state index is -0.366. The molecule has 2 aromatic rings. The Hall–Kier alpha value is -2.94. The van der Waals surface area contributed by atoms with Crippen molar-refractivity contribution in [3.8, 4) is 5.75 Å². The highest BCUT2D eigenvalue weighted by Gasteiger charge is 2.36. The molecule has 0 fully saturated rings. The van der Waals surface area contributed by atoms with Crippen LogP contribution in [0, 0.1) is 6.92 Å². The number of fused-ring (bicyclic) bond motifs is 2. The summed E-state index contributed by atoms with van der Waals surface area (Å²) >= 11 is 0. The molecule has 0 unspecified atom stereocenters. The zero-order valence-corrected chi connectivity index (χ0v) is 18.7. The summed E-state index contributed by atoms with van der Waals surface area (Å²) in [4.78, 5) is 27.1. The Bertz CT molecular complexity index is 912. The van der Waals surface area contributed by atoms with Gasteiger partial charge in [-0.25, -0.2) is 0 Å². The third-order valence-corrected chi connectivity index (χ3v) is 5.46. The smallest absolute Gasteiger partial charge is 0.200 e. The van der Waals surface area contributed by atoms with Crippen molar-refractivity contribution in [3.05, 3.63) is 52.1 Å². The molecule has 6 N–H and O–H groups in total. The number of ketones is 2. The Morgan fingerprint density at radius 3 is 1.84 bits per heavy atom. The first-order chi connectivity index (χ1) is 15.5. The van der Waals surface area contributed by atoms with Crippen LogP contribution in [-0.4, -0.2) is 67.7 Å². The predicted molar refractivity (Wildman–Crippen MR) is 126 cm³/mol. The number of hydrogen-bond acceptors (Lipinski definition) is 8. The van der Waals surface area contributed by atoms with Crippen LogP contribution in [-0.2, 0) is 0 Å². The van der Waals surface area contributed by atoms with Crippen LogP contribution in [0.1, 0.15) is 50.8 Å². The van der Waals surface area contributed by atoms with Gasteiger partial charge in [0.05, 0.1) is 23.3 Å². The molecule has 0 radical (unpaired) electrons. The summed E-state index contributed by atoms with van der Waals surface area (Å²) in [6.45, 7) is 7.74. The zero-order chi connectivity index (χ0) is 23.1. The van der Waals surface area contributed by atoms with Gasteiger partial charge in [-0.3, -0.25) is 9.59 Å². The van der Waals surface area contributed by atoms with Crippen LogP contribution in [0.3, 0.4) is 0 Å². The monoisotopic (exact) mass is 440 g/mol. The number of anilines is 2. The summed E-state index contributed by atoms with van der Waals surface area (Å²) in [6.07, 6.45) is 1.04. The van der Waals surface area contributed by atoms with Crippen LogP contribution in [0.5, 0.6) is 5.75 Å². The second-order valence-corrected chi connectivity index (χ2v) is 7.80. The quantitative estimate of drug-likeness (QED) is 0.236. The summed E-state index contributed by atoms with van der Waals surface area (Å²) in [5, 5.41) is 32.2. The number of aliphatic hydroxyl groups excluding tert-OH is 1.